The lowest BCUT2D eigenvalue weighted by atomic mass is 9.76. The second kappa shape index (κ2) is 6.41. The Morgan fingerprint density at radius 3 is 2.17 bits per heavy atom. The van der Waals surface area contributed by atoms with E-state index in [9.17, 15) is 9.59 Å². The Hall–Kier alpha value is -0.770. The van der Waals surface area contributed by atoms with Crippen LogP contribution in [0, 0.1) is 11.3 Å². The molecule has 1 aliphatic carbocycles. The van der Waals surface area contributed by atoms with E-state index in [-0.39, 0.29) is 24.5 Å². The Balaban J connectivity index is 3.07. The van der Waals surface area contributed by atoms with Gasteiger partial charge >= 0.3 is 11.9 Å². The average Bonchev–Trinajstić information content (AvgIpc) is 2.75. The second-order valence-electron chi connectivity index (χ2n) is 4.59. The molecule has 0 heterocycles. The molecular weight excluding hydrogens is 256 g/mol. The molecular formula is C13H21ClO4. The van der Waals surface area contributed by atoms with Gasteiger partial charge in [0.05, 0.1) is 13.2 Å². The highest BCUT2D eigenvalue weighted by Gasteiger charge is 2.58. The standard InChI is InChI=1S/C13H21ClO4/c1-4-17-11(15)13(12(16)18-5-2)8-6-7-10(13)9(3)14/h9-10H,4-8H2,1-3H3/t9-,10+/m1/s1. The van der Waals surface area contributed by atoms with Crippen molar-refractivity contribution in [3.8, 4) is 0 Å². The quantitative estimate of drug-likeness (QED) is 0.440. The zero-order valence-electron chi connectivity index (χ0n) is 11.2. The second-order valence-corrected chi connectivity index (χ2v) is 5.28. The number of ether oxygens (including phenoxy) is 2. The number of hydrogen-bond acceptors (Lipinski definition) is 4. The van der Waals surface area contributed by atoms with Crippen molar-refractivity contribution in [2.45, 2.75) is 45.4 Å². The molecule has 0 saturated heterocycles. The number of halogens is 1. The Labute approximate surface area is 113 Å². The number of carbonyl (C=O) groups is 2. The van der Waals surface area contributed by atoms with Crippen LogP contribution in [0.15, 0.2) is 0 Å². The van der Waals surface area contributed by atoms with Crippen LogP contribution in [-0.2, 0) is 19.1 Å². The topological polar surface area (TPSA) is 52.6 Å². The van der Waals surface area contributed by atoms with Gasteiger partial charge < -0.3 is 9.47 Å². The molecule has 0 aromatic heterocycles. The summed E-state index contributed by atoms with van der Waals surface area (Å²) in [5, 5.41) is -0.263. The van der Waals surface area contributed by atoms with Crippen molar-refractivity contribution in [2.75, 3.05) is 13.2 Å². The van der Waals surface area contributed by atoms with Gasteiger partial charge in [-0.1, -0.05) is 6.42 Å². The van der Waals surface area contributed by atoms with Crippen LogP contribution in [0.2, 0.25) is 0 Å². The predicted octanol–water partition coefficient (Wildman–Crippen LogP) is 2.53. The zero-order chi connectivity index (χ0) is 13.8. The van der Waals surface area contributed by atoms with Crippen LogP contribution in [0.3, 0.4) is 0 Å². The molecule has 1 rings (SSSR count). The van der Waals surface area contributed by atoms with Crippen molar-refractivity contribution in [1.29, 1.82) is 0 Å². The van der Waals surface area contributed by atoms with Crippen LogP contribution >= 0.6 is 11.6 Å². The van der Waals surface area contributed by atoms with Crippen LogP contribution in [0.25, 0.3) is 0 Å². The fourth-order valence-corrected chi connectivity index (χ4v) is 3.11. The summed E-state index contributed by atoms with van der Waals surface area (Å²) in [6.07, 6.45) is 2.01. The van der Waals surface area contributed by atoms with Gasteiger partial charge in [-0.2, -0.15) is 0 Å². The molecule has 0 bridgehead atoms. The first-order valence-electron chi connectivity index (χ1n) is 6.49. The van der Waals surface area contributed by atoms with Crippen molar-refractivity contribution in [3.63, 3.8) is 0 Å². The van der Waals surface area contributed by atoms with Gasteiger partial charge in [-0.15, -0.1) is 11.6 Å². The first-order valence-corrected chi connectivity index (χ1v) is 6.92. The summed E-state index contributed by atoms with van der Waals surface area (Å²) in [5.41, 5.74) is -1.20. The maximum Gasteiger partial charge on any atom is 0.323 e. The van der Waals surface area contributed by atoms with E-state index in [1.54, 1.807) is 13.8 Å². The summed E-state index contributed by atoms with van der Waals surface area (Å²) in [6.45, 7) is 5.77. The molecule has 0 amide bonds. The Kier molecular flexibility index (Phi) is 5.45. The molecule has 1 aliphatic rings. The van der Waals surface area contributed by atoms with E-state index in [1.165, 1.54) is 0 Å². The lowest BCUT2D eigenvalue weighted by Crippen LogP contribution is -2.47. The van der Waals surface area contributed by atoms with Crippen molar-refractivity contribution >= 4 is 23.5 Å². The molecule has 4 nitrogen and oxygen atoms in total. The molecule has 18 heavy (non-hydrogen) atoms. The molecule has 104 valence electrons. The molecule has 1 saturated carbocycles. The minimum absolute atomic E-state index is 0.211. The SMILES string of the molecule is CCOC(=O)C1(C(=O)OCC)CCC[C@H]1[C@@H](C)Cl. The Morgan fingerprint density at radius 2 is 1.78 bits per heavy atom. The molecule has 2 atom stereocenters. The molecule has 1 fully saturated rings. The van der Waals surface area contributed by atoms with Gasteiger partial charge in [0.25, 0.3) is 0 Å². The van der Waals surface area contributed by atoms with Crippen LogP contribution in [-0.4, -0.2) is 30.5 Å². The van der Waals surface area contributed by atoms with Crippen molar-refractivity contribution in [2.24, 2.45) is 11.3 Å². The van der Waals surface area contributed by atoms with Crippen LogP contribution in [0.1, 0.15) is 40.0 Å². The van der Waals surface area contributed by atoms with Gasteiger partial charge in [0.1, 0.15) is 0 Å². The molecule has 0 aliphatic heterocycles. The molecule has 0 unspecified atom stereocenters. The van der Waals surface area contributed by atoms with Crippen molar-refractivity contribution in [3.05, 3.63) is 0 Å². The normalized spacial score (nSPS) is 23.4. The molecule has 0 aromatic carbocycles. The molecule has 0 radical (unpaired) electrons. The zero-order valence-corrected chi connectivity index (χ0v) is 12.0. The molecule has 0 aromatic rings. The van der Waals surface area contributed by atoms with E-state index in [4.69, 9.17) is 21.1 Å². The number of hydrogen-bond donors (Lipinski definition) is 0. The van der Waals surface area contributed by atoms with E-state index in [0.29, 0.717) is 6.42 Å². The summed E-state index contributed by atoms with van der Waals surface area (Å²) in [6, 6.07) is 0. The molecule has 0 N–H and O–H groups in total. The predicted molar refractivity (Wildman–Crippen MR) is 68.4 cm³/mol. The summed E-state index contributed by atoms with van der Waals surface area (Å²) >= 11 is 6.14. The molecule has 0 spiro atoms. The maximum absolute atomic E-state index is 12.2. The maximum atomic E-state index is 12.2. The van der Waals surface area contributed by atoms with E-state index in [2.05, 4.69) is 0 Å². The lowest BCUT2D eigenvalue weighted by Gasteiger charge is -2.32. The third-order valence-corrected chi connectivity index (χ3v) is 3.86. The highest BCUT2D eigenvalue weighted by atomic mass is 35.5. The third kappa shape index (κ3) is 2.63. The van der Waals surface area contributed by atoms with Gasteiger partial charge in [-0.05, 0) is 33.6 Å². The first-order chi connectivity index (χ1) is 8.50. The van der Waals surface area contributed by atoms with Crippen LogP contribution in [0.5, 0.6) is 0 Å². The number of carbonyl (C=O) groups excluding carboxylic acids is 2. The van der Waals surface area contributed by atoms with Crippen molar-refractivity contribution < 1.29 is 19.1 Å². The van der Waals surface area contributed by atoms with E-state index < -0.39 is 17.4 Å². The van der Waals surface area contributed by atoms with Crippen LogP contribution in [0.4, 0.5) is 0 Å². The minimum atomic E-state index is -1.20. The summed E-state index contributed by atoms with van der Waals surface area (Å²) < 4.78 is 10.2. The fraction of sp³-hybridized carbons (Fsp3) is 0.846. The van der Waals surface area contributed by atoms with Gasteiger partial charge in [0.15, 0.2) is 5.41 Å². The number of esters is 2. The fourth-order valence-electron chi connectivity index (χ4n) is 2.76. The van der Waals surface area contributed by atoms with Gasteiger partial charge in [0, 0.05) is 11.3 Å². The molecule has 5 heteroatoms. The number of rotatable bonds is 5. The highest BCUT2D eigenvalue weighted by molar-refractivity contribution is 6.21. The van der Waals surface area contributed by atoms with Crippen molar-refractivity contribution in [1.82, 2.24) is 0 Å². The Morgan fingerprint density at radius 1 is 1.28 bits per heavy atom. The van der Waals surface area contributed by atoms with E-state index >= 15 is 0 Å². The van der Waals surface area contributed by atoms with Crippen LogP contribution < -0.4 is 0 Å². The summed E-state index contributed by atoms with van der Waals surface area (Å²) in [7, 11) is 0. The number of alkyl halides is 1. The largest absolute Gasteiger partial charge is 0.465 e. The lowest BCUT2D eigenvalue weighted by molar-refractivity contribution is -0.175. The van der Waals surface area contributed by atoms with E-state index in [0.717, 1.165) is 12.8 Å². The Bertz CT molecular complexity index is 296. The monoisotopic (exact) mass is 276 g/mol. The average molecular weight is 277 g/mol. The van der Waals surface area contributed by atoms with Gasteiger partial charge in [-0.3, -0.25) is 9.59 Å². The van der Waals surface area contributed by atoms with Gasteiger partial charge in [-0.25, -0.2) is 0 Å². The smallest absolute Gasteiger partial charge is 0.323 e. The summed E-state index contributed by atoms with van der Waals surface area (Å²) in [4.78, 5) is 24.4. The van der Waals surface area contributed by atoms with Gasteiger partial charge in [0.2, 0.25) is 0 Å². The minimum Gasteiger partial charge on any atom is -0.465 e. The van der Waals surface area contributed by atoms with E-state index in [1.807, 2.05) is 6.92 Å². The first kappa shape index (κ1) is 15.3. The summed E-state index contributed by atoms with van der Waals surface area (Å²) in [5.74, 6) is -1.19. The third-order valence-electron chi connectivity index (χ3n) is 3.55. The highest BCUT2D eigenvalue weighted by Crippen LogP contribution is 2.48.